The van der Waals surface area contributed by atoms with Gasteiger partial charge in [0.05, 0.1) is 5.56 Å². The fourth-order valence-corrected chi connectivity index (χ4v) is 2.31. The largest absolute Gasteiger partial charge is 0.362 e. The molecule has 0 saturated carbocycles. The van der Waals surface area contributed by atoms with Crippen molar-refractivity contribution >= 4 is 17.6 Å². The number of imide groups is 1. The molecule has 1 aromatic rings. The summed E-state index contributed by atoms with van der Waals surface area (Å²) < 4.78 is 4.62. The Morgan fingerprint density at radius 3 is 2.29 bits per heavy atom. The Morgan fingerprint density at radius 2 is 1.75 bits per heavy atom. The summed E-state index contributed by atoms with van der Waals surface area (Å²) in [5.41, 5.74) is 0.669. The first-order valence-corrected chi connectivity index (χ1v) is 7.68. The summed E-state index contributed by atoms with van der Waals surface area (Å²) in [6, 6.07) is 5.81. The molecule has 0 unspecified atom stereocenters. The lowest BCUT2D eigenvalue weighted by Gasteiger charge is -2.33. The highest BCUT2D eigenvalue weighted by molar-refractivity contribution is 5.97. The number of anilines is 1. The van der Waals surface area contributed by atoms with Gasteiger partial charge in [-0.05, 0) is 19.2 Å². The molecular weight excluding hydrogens is 310 g/mol. The van der Waals surface area contributed by atoms with Crippen molar-refractivity contribution < 1.29 is 14.3 Å². The molecule has 128 valence electrons. The number of carbonyl (C=O) groups is 2. The Hall–Kier alpha value is -2.50. The highest BCUT2D eigenvalue weighted by Crippen LogP contribution is 2.17. The van der Waals surface area contributed by atoms with Crippen molar-refractivity contribution in [3.05, 3.63) is 23.9 Å². The molecule has 8 nitrogen and oxygen atoms in total. The van der Waals surface area contributed by atoms with E-state index in [1.807, 2.05) is 6.07 Å². The minimum absolute atomic E-state index is 0.0300. The number of ether oxygens (including phenoxy) is 1. The van der Waals surface area contributed by atoms with Gasteiger partial charge in [-0.1, -0.05) is 0 Å². The summed E-state index contributed by atoms with van der Waals surface area (Å²) >= 11 is 0. The van der Waals surface area contributed by atoms with Gasteiger partial charge in [0.2, 0.25) is 0 Å². The van der Waals surface area contributed by atoms with E-state index in [2.05, 4.69) is 32.6 Å². The number of nitrogens with zero attached hydrogens (tertiary/aromatic N) is 5. The summed E-state index contributed by atoms with van der Waals surface area (Å²) in [5, 5.41) is 8.97. The molecule has 0 atom stereocenters. The summed E-state index contributed by atoms with van der Waals surface area (Å²) in [6.07, 6.45) is 1.74. The molecule has 2 saturated heterocycles. The number of nitriles is 1. The van der Waals surface area contributed by atoms with Crippen LogP contribution in [0.15, 0.2) is 18.3 Å². The van der Waals surface area contributed by atoms with E-state index in [9.17, 15) is 9.59 Å². The minimum atomic E-state index is -0.272. The minimum Gasteiger partial charge on any atom is -0.362 e. The van der Waals surface area contributed by atoms with Gasteiger partial charge in [0, 0.05) is 39.4 Å². The standard InChI is InChI=1S/C11H14N4.C5H7NO3/c1-14-5-7-15(8-6-14)11-10(9-12)3-2-4-13-11;1-6-4(7)2-9-3-5(6)8/h2-4H,5-8H2,1H3;2-3H2,1H3. The Balaban J connectivity index is 0.000000198. The molecule has 1 aromatic heterocycles. The zero-order valence-corrected chi connectivity index (χ0v) is 13.9. The van der Waals surface area contributed by atoms with Gasteiger partial charge in [-0.2, -0.15) is 5.26 Å². The predicted octanol–water partition coefficient (Wildman–Crippen LogP) is -0.293. The maximum Gasteiger partial charge on any atom is 0.254 e. The van der Waals surface area contributed by atoms with Crippen LogP contribution in [0, 0.1) is 11.3 Å². The number of carbonyl (C=O) groups excluding carboxylic acids is 2. The molecule has 2 fully saturated rings. The average Bonchev–Trinajstić information content (AvgIpc) is 2.61. The molecule has 0 bridgehead atoms. The van der Waals surface area contributed by atoms with Crippen molar-refractivity contribution in [3.8, 4) is 6.07 Å². The molecule has 0 N–H and O–H groups in total. The predicted molar refractivity (Wildman–Crippen MR) is 87.3 cm³/mol. The van der Waals surface area contributed by atoms with Crippen molar-refractivity contribution in [2.24, 2.45) is 0 Å². The van der Waals surface area contributed by atoms with Gasteiger partial charge in [0.25, 0.3) is 11.8 Å². The van der Waals surface area contributed by atoms with E-state index in [-0.39, 0.29) is 25.0 Å². The van der Waals surface area contributed by atoms with Crippen LogP contribution in [0.4, 0.5) is 5.82 Å². The van der Waals surface area contributed by atoms with Crippen LogP contribution < -0.4 is 4.90 Å². The van der Waals surface area contributed by atoms with Crippen molar-refractivity contribution in [1.82, 2.24) is 14.8 Å². The molecule has 0 aliphatic carbocycles. The second kappa shape index (κ2) is 8.38. The number of amides is 2. The number of likely N-dealkylation sites (N-methyl/N-ethyl adjacent to an activating group) is 2. The lowest BCUT2D eigenvalue weighted by molar-refractivity contribution is -0.156. The number of pyridine rings is 1. The first-order valence-electron chi connectivity index (χ1n) is 7.68. The average molecular weight is 331 g/mol. The van der Waals surface area contributed by atoms with Gasteiger partial charge in [-0.25, -0.2) is 4.98 Å². The van der Waals surface area contributed by atoms with Gasteiger partial charge in [0.15, 0.2) is 0 Å². The molecule has 0 spiro atoms. The number of aromatic nitrogens is 1. The van der Waals surface area contributed by atoms with Crippen molar-refractivity contribution in [2.45, 2.75) is 0 Å². The highest BCUT2D eigenvalue weighted by atomic mass is 16.5. The van der Waals surface area contributed by atoms with E-state index >= 15 is 0 Å². The molecule has 24 heavy (non-hydrogen) atoms. The molecule has 0 radical (unpaired) electrons. The van der Waals surface area contributed by atoms with Crippen LogP contribution in [0.5, 0.6) is 0 Å². The first-order chi connectivity index (χ1) is 11.5. The molecule has 3 heterocycles. The highest BCUT2D eigenvalue weighted by Gasteiger charge is 2.21. The molecule has 3 rings (SSSR count). The summed E-state index contributed by atoms with van der Waals surface area (Å²) in [4.78, 5) is 31.0. The Morgan fingerprint density at radius 1 is 1.12 bits per heavy atom. The Bertz CT molecular complexity index is 619. The number of morpholine rings is 1. The topological polar surface area (TPSA) is 89.8 Å². The molecule has 8 heteroatoms. The van der Waals surface area contributed by atoms with Gasteiger partial charge in [0.1, 0.15) is 25.1 Å². The van der Waals surface area contributed by atoms with Gasteiger partial charge >= 0.3 is 0 Å². The van der Waals surface area contributed by atoms with Crippen molar-refractivity contribution in [2.75, 3.05) is 58.4 Å². The van der Waals surface area contributed by atoms with E-state index in [1.165, 1.54) is 7.05 Å². The third-order valence-corrected chi connectivity index (χ3v) is 3.91. The van der Waals surface area contributed by atoms with E-state index in [4.69, 9.17) is 5.26 Å². The second-order valence-corrected chi connectivity index (χ2v) is 5.62. The summed E-state index contributed by atoms with van der Waals surface area (Å²) in [5.74, 6) is 0.283. The molecule has 0 aromatic carbocycles. The van der Waals surface area contributed by atoms with Gasteiger partial charge < -0.3 is 14.5 Å². The zero-order chi connectivity index (χ0) is 17.5. The van der Waals surface area contributed by atoms with E-state index in [0.29, 0.717) is 5.56 Å². The smallest absolute Gasteiger partial charge is 0.254 e. The number of hydrogen-bond acceptors (Lipinski definition) is 7. The third kappa shape index (κ3) is 4.50. The summed E-state index contributed by atoms with van der Waals surface area (Å²) in [7, 11) is 3.56. The molecular formula is C16H21N5O3. The van der Waals surface area contributed by atoms with Crippen LogP contribution in [0.1, 0.15) is 5.56 Å². The van der Waals surface area contributed by atoms with E-state index in [1.54, 1.807) is 12.3 Å². The monoisotopic (exact) mass is 331 g/mol. The lowest BCUT2D eigenvalue weighted by Crippen LogP contribution is -2.45. The molecule has 2 amide bonds. The Labute approximate surface area is 141 Å². The maximum atomic E-state index is 10.6. The Kier molecular flexibility index (Phi) is 6.23. The first kappa shape index (κ1) is 17.8. The fourth-order valence-electron chi connectivity index (χ4n) is 2.31. The molecule has 2 aliphatic rings. The zero-order valence-electron chi connectivity index (χ0n) is 13.9. The van der Waals surface area contributed by atoms with Crippen LogP contribution in [0.25, 0.3) is 0 Å². The van der Waals surface area contributed by atoms with Crippen molar-refractivity contribution in [3.63, 3.8) is 0 Å². The van der Waals surface area contributed by atoms with Crippen LogP contribution in [0.3, 0.4) is 0 Å². The van der Waals surface area contributed by atoms with Gasteiger partial charge in [-0.3, -0.25) is 14.5 Å². The number of hydrogen-bond donors (Lipinski definition) is 0. The second-order valence-electron chi connectivity index (χ2n) is 5.62. The quantitative estimate of drug-likeness (QED) is 0.653. The van der Waals surface area contributed by atoms with Crippen LogP contribution in [0.2, 0.25) is 0 Å². The van der Waals surface area contributed by atoms with E-state index in [0.717, 1.165) is 36.9 Å². The summed E-state index contributed by atoms with van der Waals surface area (Å²) in [6.45, 7) is 4.01. The number of rotatable bonds is 1. The maximum absolute atomic E-state index is 10.6. The van der Waals surface area contributed by atoms with E-state index < -0.39 is 0 Å². The van der Waals surface area contributed by atoms with Gasteiger partial charge in [-0.15, -0.1) is 0 Å². The van der Waals surface area contributed by atoms with Crippen LogP contribution in [-0.2, 0) is 14.3 Å². The fraction of sp³-hybridized carbons (Fsp3) is 0.500. The lowest BCUT2D eigenvalue weighted by atomic mass is 10.2. The van der Waals surface area contributed by atoms with Crippen LogP contribution >= 0.6 is 0 Å². The van der Waals surface area contributed by atoms with Crippen molar-refractivity contribution in [1.29, 1.82) is 5.26 Å². The normalized spacial score (nSPS) is 18.7. The third-order valence-electron chi connectivity index (χ3n) is 3.91. The van der Waals surface area contributed by atoms with Crippen LogP contribution in [-0.4, -0.2) is 80.1 Å². The number of piperazine rings is 1. The SMILES string of the molecule is CN1C(=O)COCC1=O.CN1CCN(c2ncccc2C#N)CC1. The molecule has 2 aliphatic heterocycles.